The van der Waals surface area contributed by atoms with E-state index in [1.807, 2.05) is 0 Å². The summed E-state index contributed by atoms with van der Waals surface area (Å²) in [5.74, 6) is 0. The summed E-state index contributed by atoms with van der Waals surface area (Å²) in [6, 6.07) is 8.83. The molecule has 3 N–H and O–H groups in total. The Morgan fingerprint density at radius 1 is 1.04 bits per heavy atom. The van der Waals surface area contributed by atoms with Crippen LogP contribution in [0, 0.1) is 0 Å². The summed E-state index contributed by atoms with van der Waals surface area (Å²) >= 11 is 0. The molecule has 0 unspecified atom stereocenters. The second kappa shape index (κ2) is 7.82. The zero-order valence-corrected chi connectivity index (χ0v) is 17.1. The van der Waals surface area contributed by atoms with Crippen LogP contribution in [0.5, 0.6) is 0 Å². The van der Waals surface area contributed by atoms with E-state index in [-0.39, 0.29) is 23.1 Å². The topological polar surface area (TPSA) is 47.5 Å². The lowest BCUT2D eigenvalue weighted by molar-refractivity contribution is 0.0359. The Kier molecular flexibility index (Phi) is 5.62. The van der Waals surface area contributed by atoms with Gasteiger partial charge in [0.25, 0.3) is 0 Å². The van der Waals surface area contributed by atoms with Crippen molar-refractivity contribution in [2.75, 3.05) is 33.7 Å². The Balaban J connectivity index is 1.58. The highest BCUT2D eigenvalue weighted by Gasteiger charge is 2.52. The van der Waals surface area contributed by atoms with Crippen molar-refractivity contribution in [1.29, 1.82) is 0 Å². The maximum atomic E-state index is 11.5. The van der Waals surface area contributed by atoms with Gasteiger partial charge in [-0.3, -0.25) is 0 Å². The van der Waals surface area contributed by atoms with E-state index in [9.17, 15) is 5.11 Å². The van der Waals surface area contributed by atoms with Crippen LogP contribution < -0.4 is 10.6 Å². The van der Waals surface area contributed by atoms with Gasteiger partial charge in [-0.25, -0.2) is 0 Å². The number of fused-ring (bicyclic) bond motifs is 2. The van der Waals surface area contributed by atoms with Crippen molar-refractivity contribution >= 4 is 0 Å². The Bertz CT molecular complexity index is 630. The monoisotopic (exact) mass is 371 g/mol. The van der Waals surface area contributed by atoms with Gasteiger partial charge in [0, 0.05) is 17.5 Å². The molecule has 1 aliphatic heterocycles. The fraction of sp³-hybridized carbons (Fsp3) is 0.739. The molecule has 150 valence electrons. The van der Waals surface area contributed by atoms with Crippen LogP contribution in [-0.4, -0.2) is 55.4 Å². The Labute approximate surface area is 164 Å². The van der Waals surface area contributed by atoms with Crippen molar-refractivity contribution in [3.05, 3.63) is 35.4 Å². The fourth-order valence-electron chi connectivity index (χ4n) is 6.00. The quantitative estimate of drug-likeness (QED) is 0.712. The second-order valence-electron chi connectivity index (χ2n) is 9.33. The lowest BCUT2D eigenvalue weighted by atomic mass is 9.72. The van der Waals surface area contributed by atoms with E-state index in [2.05, 4.69) is 53.9 Å². The van der Waals surface area contributed by atoms with Gasteiger partial charge in [0.05, 0.1) is 12.1 Å². The van der Waals surface area contributed by atoms with Crippen molar-refractivity contribution in [3.8, 4) is 0 Å². The number of nitrogens with one attached hydrogen (secondary N) is 2. The van der Waals surface area contributed by atoms with E-state index < -0.39 is 0 Å². The molecule has 4 rings (SSSR count). The minimum atomic E-state index is -0.331. The number of hydrogen-bond donors (Lipinski definition) is 3. The summed E-state index contributed by atoms with van der Waals surface area (Å²) in [7, 11) is 4.47. The highest BCUT2D eigenvalue weighted by molar-refractivity contribution is 5.45. The molecule has 2 fully saturated rings. The summed E-state index contributed by atoms with van der Waals surface area (Å²) in [6.45, 7) is 2.96. The molecule has 0 radical (unpaired) electrons. The first-order valence-corrected chi connectivity index (χ1v) is 11.0. The molecule has 0 bridgehead atoms. The van der Waals surface area contributed by atoms with E-state index in [1.54, 1.807) is 0 Å². The van der Waals surface area contributed by atoms with Crippen LogP contribution in [0.25, 0.3) is 0 Å². The number of benzene rings is 1. The second-order valence-corrected chi connectivity index (χ2v) is 9.33. The molecule has 1 saturated heterocycles. The van der Waals surface area contributed by atoms with Gasteiger partial charge >= 0.3 is 0 Å². The molecule has 0 aromatic heterocycles. The van der Waals surface area contributed by atoms with Crippen molar-refractivity contribution in [3.63, 3.8) is 0 Å². The minimum Gasteiger partial charge on any atom is -0.390 e. The zero-order chi connectivity index (χ0) is 18.9. The zero-order valence-electron chi connectivity index (χ0n) is 17.1. The molecular weight excluding hydrogens is 334 g/mol. The summed E-state index contributed by atoms with van der Waals surface area (Å²) in [4.78, 5) is 2.44. The summed E-state index contributed by atoms with van der Waals surface area (Å²) in [6.07, 6.45) is 9.60. The predicted molar refractivity (Wildman–Crippen MR) is 111 cm³/mol. The highest BCUT2D eigenvalue weighted by Crippen LogP contribution is 2.50. The molecule has 3 aliphatic rings. The van der Waals surface area contributed by atoms with Crippen LogP contribution in [0.3, 0.4) is 0 Å². The lowest BCUT2D eigenvalue weighted by Crippen LogP contribution is -2.54. The summed E-state index contributed by atoms with van der Waals surface area (Å²) in [5.41, 5.74) is 2.86. The normalized spacial score (nSPS) is 29.6. The number of rotatable bonds is 4. The van der Waals surface area contributed by atoms with Gasteiger partial charge in [0.1, 0.15) is 0 Å². The van der Waals surface area contributed by atoms with Gasteiger partial charge in [-0.2, -0.15) is 0 Å². The number of piperidine rings is 1. The molecule has 2 atom stereocenters. The number of nitrogens with zero attached hydrogens (tertiary/aromatic N) is 1. The average molecular weight is 372 g/mol. The first kappa shape index (κ1) is 19.4. The molecular formula is C23H37N3O. The standard InChI is InChI=1S/C23H37N3O/c1-26(2)22(11-7-3-4-8-12-22)17-25-20-18-9-5-6-10-19(18)23(21(20)27)13-15-24-16-14-23/h5-6,9-10,20-21,24-25,27H,3-4,7-8,11-17H2,1-2H3/t20-,21+/m0/s1. The SMILES string of the molecule is CN(C)C1(CN[C@H]2c3ccccc3C3(CCNCC3)[C@@H]2O)CCCCCC1. The van der Waals surface area contributed by atoms with Crippen molar-refractivity contribution in [1.82, 2.24) is 15.5 Å². The predicted octanol–water partition coefficient (Wildman–Crippen LogP) is 2.97. The number of hydrogen-bond acceptors (Lipinski definition) is 4. The molecule has 1 spiro atoms. The molecule has 1 aromatic rings. The molecule has 27 heavy (non-hydrogen) atoms. The van der Waals surface area contributed by atoms with Crippen LogP contribution in [0.2, 0.25) is 0 Å². The first-order chi connectivity index (χ1) is 13.1. The summed E-state index contributed by atoms with van der Waals surface area (Å²) < 4.78 is 0. The van der Waals surface area contributed by atoms with Gasteiger partial charge in [-0.1, -0.05) is 49.9 Å². The fourth-order valence-corrected chi connectivity index (χ4v) is 6.00. The van der Waals surface area contributed by atoms with Gasteiger partial charge in [-0.15, -0.1) is 0 Å². The molecule has 1 saturated carbocycles. The van der Waals surface area contributed by atoms with E-state index in [1.165, 1.54) is 49.7 Å². The number of aliphatic hydroxyl groups excluding tert-OH is 1. The van der Waals surface area contributed by atoms with E-state index in [0.29, 0.717) is 0 Å². The maximum absolute atomic E-state index is 11.5. The largest absolute Gasteiger partial charge is 0.390 e. The number of likely N-dealkylation sites (N-methyl/N-ethyl adjacent to an activating group) is 1. The third-order valence-electron chi connectivity index (χ3n) is 7.84. The van der Waals surface area contributed by atoms with Gasteiger partial charge in [-0.05, 0) is 64.0 Å². The minimum absolute atomic E-state index is 0.0550. The summed E-state index contributed by atoms with van der Waals surface area (Å²) in [5, 5.41) is 18.8. The maximum Gasteiger partial charge on any atom is 0.0832 e. The third-order valence-corrected chi connectivity index (χ3v) is 7.84. The van der Waals surface area contributed by atoms with Crippen LogP contribution in [0.15, 0.2) is 24.3 Å². The average Bonchev–Trinajstić information content (AvgIpc) is 2.86. The Hall–Kier alpha value is -0.940. The smallest absolute Gasteiger partial charge is 0.0832 e. The van der Waals surface area contributed by atoms with Gasteiger partial charge < -0.3 is 20.6 Å². The first-order valence-electron chi connectivity index (χ1n) is 11.0. The van der Waals surface area contributed by atoms with E-state index in [4.69, 9.17) is 0 Å². The highest BCUT2D eigenvalue weighted by atomic mass is 16.3. The lowest BCUT2D eigenvalue weighted by Gasteiger charge is -2.42. The Morgan fingerprint density at radius 2 is 1.70 bits per heavy atom. The Morgan fingerprint density at radius 3 is 2.37 bits per heavy atom. The van der Waals surface area contributed by atoms with E-state index >= 15 is 0 Å². The van der Waals surface area contributed by atoms with Crippen molar-refractivity contribution in [2.24, 2.45) is 0 Å². The van der Waals surface area contributed by atoms with E-state index in [0.717, 1.165) is 32.5 Å². The molecule has 4 nitrogen and oxygen atoms in total. The number of aliphatic hydroxyl groups is 1. The molecule has 1 heterocycles. The van der Waals surface area contributed by atoms with Crippen LogP contribution in [0.4, 0.5) is 0 Å². The third kappa shape index (κ3) is 3.35. The van der Waals surface area contributed by atoms with Crippen molar-refractivity contribution < 1.29 is 5.11 Å². The van der Waals surface area contributed by atoms with Crippen LogP contribution in [0.1, 0.15) is 68.5 Å². The molecule has 1 aromatic carbocycles. The molecule has 4 heteroatoms. The molecule has 0 amide bonds. The van der Waals surface area contributed by atoms with Gasteiger partial charge in [0.15, 0.2) is 0 Å². The van der Waals surface area contributed by atoms with Crippen molar-refractivity contribution in [2.45, 2.75) is 74.5 Å². The van der Waals surface area contributed by atoms with Gasteiger partial charge in [0.2, 0.25) is 0 Å². The van der Waals surface area contributed by atoms with Crippen LogP contribution in [-0.2, 0) is 5.41 Å². The molecule has 2 aliphatic carbocycles. The van der Waals surface area contributed by atoms with Crippen LogP contribution >= 0.6 is 0 Å².